The molecule has 0 aliphatic rings. The van der Waals surface area contributed by atoms with Crippen LogP contribution in [-0.4, -0.2) is 36.4 Å². The summed E-state index contributed by atoms with van der Waals surface area (Å²) < 4.78 is 3.38. The summed E-state index contributed by atoms with van der Waals surface area (Å²) >= 11 is 0. The summed E-state index contributed by atoms with van der Waals surface area (Å²) in [5.41, 5.74) is 16.6. The molecule has 9 nitrogen and oxygen atoms in total. The fraction of sp³-hybridized carbons (Fsp3) is 0.0870. The highest BCUT2D eigenvalue weighted by atomic mass is 16.1. The first-order valence-corrected chi connectivity index (χ1v) is 9.91. The van der Waals surface area contributed by atoms with Crippen LogP contribution in [0, 0.1) is 11.3 Å². The Morgan fingerprint density at radius 2 is 2.03 bits per heavy atom. The molecule has 1 atom stereocenters. The van der Waals surface area contributed by atoms with Crippen molar-refractivity contribution in [2.45, 2.75) is 5.92 Å². The van der Waals surface area contributed by atoms with Crippen LogP contribution in [-0.2, 0) is 0 Å². The van der Waals surface area contributed by atoms with Crippen LogP contribution in [0.25, 0.3) is 22.4 Å². The maximum Gasteiger partial charge on any atom is 0.254 e. The number of nitriles is 1. The third-order valence-corrected chi connectivity index (χ3v) is 5.51. The van der Waals surface area contributed by atoms with Crippen LogP contribution < -0.4 is 11.5 Å². The van der Waals surface area contributed by atoms with Gasteiger partial charge in [-0.1, -0.05) is 30.3 Å². The lowest BCUT2D eigenvalue weighted by atomic mass is 9.88. The molecule has 1 aromatic carbocycles. The molecule has 0 saturated heterocycles. The van der Waals surface area contributed by atoms with Crippen LogP contribution in [0.4, 0.5) is 0 Å². The number of nitrogens with zero attached hydrogens (tertiary/aromatic N) is 6. The molecule has 5 rings (SSSR count). The number of carbonyl (C=O) groups excluding carboxylic acids is 1. The van der Waals surface area contributed by atoms with E-state index in [-0.39, 0.29) is 12.1 Å². The van der Waals surface area contributed by atoms with E-state index in [0.29, 0.717) is 22.4 Å². The number of rotatable bonds is 5. The fourth-order valence-corrected chi connectivity index (χ4v) is 4.14. The molecule has 32 heavy (non-hydrogen) atoms. The second-order valence-corrected chi connectivity index (χ2v) is 7.29. The molecule has 0 bridgehead atoms. The molecule has 0 radical (unpaired) electrons. The molecule has 4 aromatic heterocycles. The second-order valence-electron chi connectivity index (χ2n) is 7.29. The number of fused-ring (bicyclic) bond motifs is 2. The Balaban J connectivity index is 1.87. The maximum atomic E-state index is 12.4. The summed E-state index contributed by atoms with van der Waals surface area (Å²) in [6, 6.07) is 15.5. The highest BCUT2D eigenvalue weighted by molar-refractivity contribution is 6.00. The standard InChI is InChI=1S/C23H18N8O/c24-10-15-9-16(21(14-5-2-1-3-6-14)30-13-27-12-18(15)30)17(11-25)20-19(22(26)32)23-28-7-4-8-31(23)29-20/h1-9,12-13,17H,11,25H2,(H2,26,32). The minimum Gasteiger partial charge on any atom is -0.365 e. The first-order valence-electron chi connectivity index (χ1n) is 9.91. The lowest BCUT2D eigenvalue weighted by molar-refractivity contribution is 0.100. The van der Waals surface area contributed by atoms with Crippen LogP contribution in [0.2, 0.25) is 0 Å². The van der Waals surface area contributed by atoms with E-state index in [0.717, 1.165) is 16.8 Å². The molecule has 1 unspecified atom stereocenters. The monoisotopic (exact) mass is 422 g/mol. The largest absolute Gasteiger partial charge is 0.365 e. The number of aromatic nitrogens is 5. The smallest absolute Gasteiger partial charge is 0.254 e. The molecule has 5 aromatic rings. The Morgan fingerprint density at radius 1 is 1.22 bits per heavy atom. The molecule has 0 fully saturated rings. The van der Waals surface area contributed by atoms with E-state index in [4.69, 9.17) is 11.5 Å². The average Bonchev–Trinajstić information content (AvgIpc) is 3.44. The van der Waals surface area contributed by atoms with Gasteiger partial charge < -0.3 is 11.5 Å². The van der Waals surface area contributed by atoms with Crippen LogP contribution in [0.15, 0.2) is 67.4 Å². The summed E-state index contributed by atoms with van der Waals surface area (Å²) in [5, 5.41) is 14.4. The highest BCUT2D eigenvalue weighted by Gasteiger charge is 2.29. The zero-order valence-corrected chi connectivity index (χ0v) is 16.9. The van der Waals surface area contributed by atoms with E-state index in [1.54, 1.807) is 37.1 Å². The third kappa shape index (κ3) is 2.90. The van der Waals surface area contributed by atoms with Gasteiger partial charge in [0.2, 0.25) is 0 Å². The summed E-state index contributed by atoms with van der Waals surface area (Å²) in [4.78, 5) is 21.0. The van der Waals surface area contributed by atoms with Gasteiger partial charge in [0.25, 0.3) is 5.91 Å². The Kier molecular flexibility index (Phi) is 4.62. The molecule has 1 amide bonds. The minimum atomic E-state index is -0.641. The summed E-state index contributed by atoms with van der Waals surface area (Å²) in [7, 11) is 0. The summed E-state index contributed by atoms with van der Waals surface area (Å²) in [5.74, 6) is -1.16. The van der Waals surface area contributed by atoms with Gasteiger partial charge in [-0.2, -0.15) is 10.4 Å². The molecular formula is C23H18N8O. The zero-order valence-electron chi connectivity index (χ0n) is 16.9. The lowest BCUT2D eigenvalue weighted by Crippen LogP contribution is -2.21. The fourth-order valence-electron chi connectivity index (χ4n) is 4.14. The molecule has 0 spiro atoms. The maximum absolute atomic E-state index is 12.4. The van der Waals surface area contributed by atoms with Gasteiger partial charge in [-0.3, -0.25) is 9.20 Å². The van der Waals surface area contributed by atoms with Crippen molar-refractivity contribution in [3.8, 4) is 17.3 Å². The predicted molar refractivity (Wildman–Crippen MR) is 118 cm³/mol. The van der Waals surface area contributed by atoms with Crippen LogP contribution in [0.3, 0.4) is 0 Å². The number of pyridine rings is 1. The topological polar surface area (TPSA) is 140 Å². The average molecular weight is 422 g/mol. The van der Waals surface area contributed by atoms with Crippen molar-refractivity contribution in [1.29, 1.82) is 5.26 Å². The van der Waals surface area contributed by atoms with Crippen molar-refractivity contribution in [2.24, 2.45) is 11.5 Å². The van der Waals surface area contributed by atoms with E-state index >= 15 is 0 Å². The van der Waals surface area contributed by atoms with Crippen molar-refractivity contribution in [2.75, 3.05) is 6.54 Å². The van der Waals surface area contributed by atoms with E-state index < -0.39 is 11.8 Å². The Bertz CT molecular complexity index is 1510. The number of amides is 1. The molecule has 4 heterocycles. The lowest BCUT2D eigenvalue weighted by Gasteiger charge is -2.20. The van der Waals surface area contributed by atoms with Gasteiger partial charge in [-0.05, 0) is 23.3 Å². The van der Waals surface area contributed by atoms with Crippen molar-refractivity contribution in [3.63, 3.8) is 0 Å². The van der Waals surface area contributed by atoms with Gasteiger partial charge >= 0.3 is 0 Å². The van der Waals surface area contributed by atoms with E-state index in [1.165, 1.54) is 4.52 Å². The van der Waals surface area contributed by atoms with Crippen LogP contribution in [0.1, 0.15) is 33.1 Å². The molecule has 156 valence electrons. The van der Waals surface area contributed by atoms with Crippen molar-refractivity contribution < 1.29 is 4.79 Å². The number of hydrogen-bond acceptors (Lipinski definition) is 6. The first-order chi connectivity index (χ1) is 15.6. The summed E-state index contributed by atoms with van der Waals surface area (Å²) in [6.07, 6.45) is 6.58. The Morgan fingerprint density at radius 3 is 2.75 bits per heavy atom. The van der Waals surface area contributed by atoms with Crippen LogP contribution in [0.5, 0.6) is 0 Å². The van der Waals surface area contributed by atoms with Crippen molar-refractivity contribution >= 4 is 17.1 Å². The zero-order chi connectivity index (χ0) is 22.2. The third-order valence-electron chi connectivity index (χ3n) is 5.51. The van der Waals surface area contributed by atoms with Gasteiger partial charge in [0.1, 0.15) is 11.6 Å². The quantitative estimate of drug-likeness (QED) is 0.444. The van der Waals surface area contributed by atoms with Gasteiger partial charge in [-0.15, -0.1) is 0 Å². The van der Waals surface area contributed by atoms with Gasteiger partial charge in [0, 0.05) is 24.9 Å². The van der Waals surface area contributed by atoms with Crippen molar-refractivity contribution in [1.82, 2.24) is 24.0 Å². The Labute approximate surface area is 182 Å². The molecule has 0 saturated carbocycles. The van der Waals surface area contributed by atoms with Gasteiger partial charge in [-0.25, -0.2) is 14.5 Å². The highest BCUT2D eigenvalue weighted by Crippen LogP contribution is 2.36. The number of primary amides is 1. The minimum absolute atomic E-state index is 0.134. The SMILES string of the molecule is N#Cc1cc(C(CN)c2nn3cccnc3c2C(N)=O)c(-c2ccccc2)n2cncc12. The predicted octanol–water partition coefficient (Wildman–Crippen LogP) is 2.11. The molecule has 0 aliphatic carbocycles. The van der Waals surface area contributed by atoms with E-state index in [1.807, 2.05) is 34.7 Å². The molecule has 0 aliphatic heterocycles. The molecule has 4 N–H and O–H groups in total. The van der Waals surface area contributed by atoms with E-state index in [9.17, 15) is 10.1 Å². The number of benzene rings is 1. The van der Waals surface area contributed by atoms with E-state index in [2.05, 4.69) is 21.1 Å². The number of carbonyl (C=O) groups is 1. The number of imidazole rings is 1. The first kappa shape index (κ1) is 19.4. The molecular weight excluding hydrogens is 404 g/mol. The Hall–Kier alpha value is -4.55. The molecule has 9 heteroatoms. The summed E-state index contributed by atoms with van der Waals surface area (Å²) in [6.45, 7) is 0.134. The second kappa shape index (κ2) is 7.61. The van der Waals surface area contributed by atoms with Gasteiger partial charge in [0.15, 0.2) is 5.65 Å². The van der Waals surface area contributed by atoms with Crippen LogP contribution >= 0.6 is 0 Å². The number of nitrogens with two attached hydrogens (primary N) is 2. The number of hydrogen-bond donors (Lipinski definition) is 2. The normalized spacial score (nSPS) is 12.1. The van der Waals surface area contributed by atoms with Gasteiger partial charge in [0.05, 0.1) is 35.0 Å². The van der Waals surface area contributed by atoms with Crippen molar-refractivity contribution in [3.05, 3.63) is 89.8 Å².